The Bertz CT molecular complexity index is 887. The summed E-state index contributed by atoms with van der Waals surface area (Å²) >= 11 is 4.29. The topological polar surface area (TPSA) is 99.5 Å². The predicted octanol–water partition coefficient (Wildman–Crippen LogP) is 3.08. The molecular formula is C16H18BrN3O5S. The van der Waals surface area contributed by atoms with Gasteiger partial charge < -0.3 is 14.8 Å². The lowest BCUT2D eigenvalue weighted by Crippen LogP contribution is -2.15. The number of hydrogen-bond donors (Lipinski definition) is 1. The number of rotatable bonds is 5. The number of ether oxygens (including phenoxy) is 2. The molecule has 8 nitrogen and oxygen atoms in total. The standard InChI is InChI=1S/C16H18BrN3O5S/c1-6-25-16(23)12-7(2)9(15(22)24-5)14(26-12)18-13(21)11-10(17)8(3)20(4)19-11/h6H2,1-5H3,(H,18,21). The van der Waals surface area contributed by atoms with E-state index in [-0.39, 0.29) is 27.7 Å². The first-order chi connectivity index (χ1) is 12.2. The highest BCUT2D eigenvalue weighted by molar-refractivity contribution is 9.10. The van der Waals surface area contributed by atoms with Crippen LogP contribution in [0.3, 0.4) is 0 Å². The van der Waals surface area contributed by atoms with Gasteiger partial charge in [0, 0.05) is 7.05 Å². The summed E-state index contributed by atoms with van der Waals surface area (Å²) < 4.78 is 11.9. The molecule has 0 saturated carbocycles. The van der Waals surface area contributed by atoms with E-state index in [4.69, 9.17) is 9.47 Å². The van der Waals surface area contributed by atoms with Gasteiger partial charge in [0.25, 0.3) is 5.91 Å². The Hall–Kier alpha value is -2.20. The van der Waals surface area contributed by atoms with Crippen molar-refractivity contribution in [3.8, 4) is 0 Å². The van der Waals surface area contributed by atoms with Gasteiger partial charge in [-0.1, -0.05) is 0 Å². The van der Waals surface area contributed by atoms with Crippen molar-refractivity contribution in [2.75, 3.05) is 19.0 Å². The second kappa shape index (κ2) is 8.00. The zero-order chi connectivity index (χ0) is 19.6. The largest absolute Gasteiger partial charge is 0.465 e. The van der Waals surface area contributed by atoms with Crippen LogP contribution in [0.4, 0.5) is 5.00 Å². The number of esters is 2. The SMILES string of the molecule is CCOC(=O)c1sc(NC(=O)c2nn(C)c(C)c2Br)c(C(=O)OC)c1C. The van der Waals surface area contributed by atoms with Gasteiger partial charge in [-0.15, -0.1) is 11.3 Å². The van der Waals surface area contributed by atoms with Crippen molar-refractivity contribution in [1.29, 1.82) is 0 Å². The Labute approximate surface area is 162 Å². The van der Waals surface area contributed by atoms with E-state index in [0.717, 1.165) is 17.0 Å². The lowest BCUT2D eigenvalue weighted by molar-refractivity contribution is 0.0531. The van der Waals surface area contributed by atoms with Crippen LogP contribution in [0.5, 0.6) is 0 Å². The third-order valence-corrected chi connectivity index (χ3v) is 5.84. The number of carbonyl (C=O) groups is 3. The zero-order valence-corrected chi connectivity index (χ0v) is 17.3. The average Bonchev–Trinajstić information content (AvgIpc) is 3.06. The molecule has 2 aromatic rings. The Morgan fingerprint density at radius 1 is 1.27 bits per heavy atom. The van der Waals surface area contributed by atoms with Crippen LogP contribution >= 0.6 is 27.3 Å². The second-order valence-corrected chi connectivity index (χ2v) is 7.11. The third kappa shape index (κ3) is 3.65. The molecule has 0 aliphatic rings. The molecule has 2 rings (SSSR count). The smallest absolute Gasteiger partial charge is 0.348 e. The number of halogens is 1. The van der Waals surface area contributed by atoms with Crippen molar-refractivity contribution < 1.29 is 23.9 Å². The fraction of sp³-hybridized carbons (Fsp3) is 0.375. The number of amides is 1. The molecule has 10 heteroatoms. The molecule has 1 amide bonds. The highest BCUT2D eigenvalue weighted by Crippen LogP contribution is 2.35. The van der Waals surface area contributed by atoms with Crippen LogP contribution in [0, 0.1) is 13.8 Å². The first kappa shape index (κ1) is 20.1. The third-order valence-electron chi connectivity index (χ3n) is 3.70. The number of aromatic nitrogens is 2. The number of aryl methyl sites for hydroxylation is 1. The van der Waals surface area contributed by atoms with E-state index in [0.29, 0.717) is 10.0 Å². The number of anilines is 1. The van der Waals surface area contributed by atoms with Crippen molar-refractivity contribution >= 4 is 50.1 Å². The maximum absolute atomic E-state index is 12.6. The van der Waals surface area contributed by atoms with E-state index in [1.54, 1.807) is 25.6 Å². The van der Waals surface area contributed by atoms with Gasteiger partial charge in [0.15, 0.2) is 5.69 Å². The van der Waals surface area contributed by atoms with Crippen LogP contribution in [-0.2, 0) is 16.5 Å². The number of thiophene rings is 1. The zero-order valence-electron chi connectivity index (χ0n) is 14.9. The molecule has 0 unspecified atom stereocenters. The minimum absolute atomic E-state index is 0.123. The summed E-state index contributed by atoms with van der Waals surface area (Å²) in [6.45, 7) is 5.30. The number of methoxy groups -OCH3 is 1. The maximum atomic E-state index is 12.6. The Balaban J connectivity index is 2.45. The number of nitrogens with zero attached hydrogens (tertiary/aromatic N) is 2. The van der Waals surface area contributed by atoms with E-state index in [1.165, 1.54) is 7.11 Å². The first-order valence-corrected chi connectivity index (χ1v) is 9.23. The van der Waals surface area contributed by atoms with Gasteiger partial charge in [0.1, 0.15) is 9.88 Å². The van der Waals surface area contributed by atoms with Crippen molar-refractivity contribution in [2.24, 2.45) is 7.05 Å². The van der Waals surface area contributed by atoms with Gasteiger partial charge in [-0.05, 0) is 42.3 Å². The molecule has 0 spiro atoms. The van der Waals surface area contributed by atoms with Crippen LogP contribution in [0.15, 0.2) is 4.47 Å². The molecule has 0 atom stereocenters. The van der Waals surface area contributed by atoms with Gasteiger partial charge in [0.2, 0.25) is 0 Å². The monoisotopic (exact) mass is 443 g/mol. The van der Waals surface area contributed by atoms with E-state index < -0.39 is 17.8 Å². The molecule has 0 aliphatic carbocycles. The molecule has 2 aromatic heterocycles. The first-order valence-electron chi connectivity index (χ1n) is 7.62. The molecule has 140 valence electrons. The fourth-order valence-corrected chi connectivity index (χ4v) is 3.83. The normalized spacial score (nSPS) is 10.5. The highest BCUT2D eigenvalue weighted by Gasteiger charge is 2.28. The van der Waals surface area contributed by atoms with E-state index in [2.05, 4.69) is 26.3 Å². The summed E-state index contributed by atoms with van der Waals surface area (Å²) in [7, 11) is 2.94. The fourth-order valence-electron chi connectivity index (χ4n) is 2.23. The van der Waals surface area contributed by atoms with Gasteiger partial charge >= 0.3 is 11.9 Å². The Kier molecular flexibility index (Phi) is 6.19. The lowest BCUT2D eigenvalue weighted by Gasteiger charge is -2.05. The van der Waals surface area contributed by atoms with Crippen LogP contribution in [-0.4, -0.2) is 41.3 Å². The molecule has 0 saturated heterocycles. The summed E-state index contributed by atoms with van der Waals surface area (Å²) in [6, 6.07) is 0. The molecule has 2 heterocycles. The molecule has 26 heavy (non-hydrogen) atoms. The minimum Gasteiger partial charge on any atom is -0.465 e. The van der Waals surface area contributed by atoms with Gasteiger partial charge in [0.05, 0.1) is 29.4 Å². The predicted molar refractivity (Wildman–Crippen MR) is 100.0 cm³/mol. The maximum Gasteiger partial charge on any atom is 0.348 e. The van der Waals surface area contributed by atoms with Crippen molar-refractivity contribution in [2.45, 2.75) is 20.8 Å². The van der Waals surface area contributed by atoms with Crippen molar-refractivity contribution in [3.05, 3.63) is 31.9 Å². The van der Waals surface area contributed by atoms with Crippen molar-refractivity contribution in [1.82, 2.24) is 9.78 Å². The van der Waals surface area contributed by atoms with Gasteiger partial charge in [-0.2, -0.15) is 5.10 Å². The molecular weight excluding hydrogens is 426 g/mol. The van der Waals surface area contributed by atoms with E-state index in [1.807, 2.05) is 6.92 Å². The number of nitrogens with one attached hydrogen (secondary N) is 1. The summed E-state index contributed by atoms with van der Waals surface area (Å²) in [5.41, 5.74) is 1.46. The molecule has 0 aliphatic heterocycles. The number of hydrogen-bond acceptors (Lipinski definition) is 7. The Morgan fingerprint density at radius 2 is 1.92 bits per heavy atom. The summed E-state index contributed by atoms with van der Waals surface area (Å²) in [6.07, 6.45) is 0. The average molecular weight is 444 g/mol. The minimum atomic E-state index is -0.652. The molecule has 0 fully saturated rings. The van der Waals surface area contributed by atoms with Gasteiger partial charge in [-0.25, -0.2) is 9.59 Å². The molecule has 0 aromatic carbocycles. The summed E-state index contributed by atoms with van der Waals surface area (Å²) in [5, 5.41) is 7.00. The number of carbonyl (C=O) groups excluding carboxylic acids is 3. The molecule has 1 N–H and O–H groups in total. The quantitative estimate of drug-likeness (QED) is 0.712. The van der Waals surface area contributed by atoms with E-state index in [9.17, 15) is 14.4 Å². The summed E-state index contributed by atoms with van der Waals surface area (Å²) in [5.74, 6) is -1.72. The second-order valence-electron chi connectivity index (χ2n) is 5.30. The van der Waals surface area contributed by atoms with Crippen LogP contribution < -0.4 is 5.32 Å². The van der Waals surface area contributed by atoms with Crippen LogP contribution in [0.1, 0.15) is 48.7 Å². The van der Waals surface area contributed by atoms with Crippen molar-refractivity contribution in [3.63, 3.8) is 0 Å². The van der Waals surface area contributed by atoms with Gasteiger partial charge in [-0.3, -0.25) is 9.48 Å². The van der Waals surface area contributed by atoms with Crippen LogP contribution in [0.2, 0.25) is 0 Å². The van der Waals surface area contributed by atoms with Crippen LogP contribution in [0.25, 0.3) is 0 Å². The summed E-state index contributed by atoms with van der Waals surface area (Å²) in [4.78, 5) is 37.1. The lowest BCUT2D eigenvalue weighted by atomic mass is 10.1. The highest BCUT2D eigenvalue weighted by atomic mass is 79.9. The Morgan fingerprint density at radius 3 is 2.42 bits per heavy atom. The molecule has 0 bridgehead atoms. The van der Waals surface area contributed by atoms with E-state index >= 15 is 0 Å². The molecule has 0 radical (unpaired) electrons.